The van der Waals surface area contributed by atoms with E-state index in [-0.39, 0.29) is 0 Å². The van der Waals surface area contributed by atoms with E-state index in [0.29, 0.717) is 27.9 Å². The quantitative estimate of drug-likeness (QED) is 0.638. The van der Waals surface area contributed by atoms with Gasteiger partial charge in [0, 0.05) is 22.4 Å². The van der Waals surface area contributed by atoms with Crippen LogP contribution in [0.4, 0.5) is 0 Å². The van der Waals surface area contributed by atoms with Crippen molar-refractivity contribution in [2.75, 3.05) is 6.61 Å². The molecule has 0 amide bonds. The van der Waals surface area contributed by atoms with Crippen LogP contribution in [0.1, 0.15) is 12.5 Å². The Labute approximate surface area is 126 Å². The van der Waals surface area contributed by atoms with Crippen LogP contribution in [-0.2, 0) is 9.53 Å². The monoisotopic (exact) mass is 310 g/mol. The summed E-state index contributed by atoms with van der Waals surface area (Å²) in [7, 11) is 0. The van der Waals surface area contributed by atoms with E-state index in [4.69, 9.17) is 27.9 Å². The zero-order valence-electron chi connectivity index (χ0n) is 10.7. The molecule has 0 aliphatic heterocycles. The standard InChI is InChI=1S/C14H12Cl2N2O2/c1-2-20-14(19)13(18-6-5-17-9-18)7-10-3-4-11(15)8-12(10)16/h3-9H,2H2,1H3. The second-order valence-electron chi connectivity index (χ2n) is 3.89. The van der Waals surface area contributed by atoms with Gasteiger partial charge in [-0.1, -0.05) is 29.3 Å². The second kappa shape index (κ2) is 6.59. The molecule has 0 saturated carbocycles. The fourth-order valence-corrected chi connectivity index (χ4v) is 2.07. The van der Waals surface area contributed by atoms with Gasteiger partial charge in [-0.3, -0.25) is 4.57 Å². The number of benzene rings is 1. The van der Waals surface area contributed by atoms with Gasteiger partial charge in [-0.15, -0.1) is 0 Å². The number of hydrogen-bond acceptors (Lipinski definition) is 3. The van der Waals surface area contributed by atoms with Crippen LogP contribution in [-0.4, -0.2) is 22.1 Å². The van der Waals surface area contributed by atoms with E-state index >= 15 is 0 Å². The van der Waals surface area contributed by atoms with E-state index in [9.17, 15) is 4.79 Å². The fourth-order valence-electron chi connectivity index (χ4n) is 1.61. The third-order valence-electron chi connectivity index (χ3n) is 2.52. The number of ether oxygens (including phenoxy) is 1. The Kier molecular flexibility index (Phi) is 4.82. The second-order valence-corrected chi connectivity index (χ2v) is 4.73. The molecule has 0 N–H and O–H groups in total. The first-order chi connectivity index (χ1) is 9.61. The average molecular weight is 311 g/mol. The molecular formula is C14H12Cl2N2O2. The molecule has 4 nitrogen and oxygen atoms in total. The van der Waals surface area contributed by atoms with Crippen LogP contribution in [0.2, 0.25) is 10.0 Å². The molecule has 0 fully saturated rings. The molecule has 0 unspecified atom stereocenters. The van der Waals surface area contributed by atoms with Gasteiger partial charge >= 0.3 is 5.97 Å². The van der Waals surface area contributed by atoms with Crippen LogP contribution in [0, 0.1) is 0 Å². The van der Waals surface area contributed by atoms with Crippen LogP contribution < -0.4 is 0 Å². The van der Waals surface area contributed by atoms with Gasteiger partial charge < -0.3 is 4.74 Å². The Morgan fingerprint density at radius 1 is 1.45 bits per heavy atom. The van der Waals surface area contributed by atoms with Crippen LogP contribution >= 0.6 is 23.2 Å². The zero-order valence-corrected chi connectivity index (χ0v) is 12.2. The number of hydrogen-bond donors (Lipinski definition) is 0. The minimum absolute atomic E-state index is 0.291. The molecule has 0 radical (unpaired) electrons. The van der Waals surface area contributed by atoms with Crippen molar-refractivity contribution in [1.82, 2.24) is 9.55 Å². The Bertz CT molecular complexity index is 637. The van der Waals surface area contributed by atoms with Gasteiger partial charge in [0.1, 0.15) is 5.70 Å². The summed E-state index contributed by atoms with van der Waals surface area (Å²) in [5.41, 5.74) is 1.00. The number of halogens is 2. The molecule has 1 aromatic carbocycles. The van der Waals surface area contributed by atoms with Gasteiger partial charge in [-0.2, -0.15) is 0 Å². The third kappa shape index (κ3) is 3.40. The summed E-state index contributed by atoms with van der Waals surface area (Å²) in [6, 6.07) is 5.06. The highest BCUT2D eigenvalue weighted by molar-refractivity contribution is 6.35. The highest BCUT2D eigenvalue weighted by Gasteiger charge is 2.13. The maximum Gasteiger partial charge on any atom is 0.355 e. The lowest BCUT2D eigenvalue weighted by Gasteiger charge is -2.08. The zero-order chi connectivity index (χ0) is 14.5. The predicted molar refractivity (Wildman–Crippen MR) is 79.5 cm³/mol. The molecule has 0 aliphatic rings. The van der Waals surface area contributed by atoms with Gasteiger partial charge in [0.2, 0.25) is 0 Å². The van der Waals surface area contributed by atoms with E-state index < -0.39 is 5.97 Å². The van der Waals surface area contributed by atoms with Crippen molar-refractivity contribution in [2.45, 2.75) is 6.92 Å². The molecule has 0 saturated heterocycles. The number of nitrogens with zero attached hydrogens (tertiary/aromatic N) is 2. The molecule has 1 aromatic heterocycles. The first-order valence-corrected chi connectivity index (χ1v) is 6.69. The molecule has 2 aromatic rings. The molecule has 0 spiro atoms. The molecule has 104 valence electrons. The highest BCUT2D eigenvalue weighted by atomic mass is 35.5. The van der Waals surface area contributed by atoms with E-state index in [0.717, 1.165) is 0 Å². The summed E-state index contributed by atoms with van der Waals surface area (Å²) in [6.45, 7) is 2.04. The molecule has 0 aliphatic carbocycles. The lowest BCUT2D eigenvalue weighted by Crippen LogP contribution is -2.11. The Hall–Kier alpha value is -1.78. The van der Waals surface area contributed by atoms with Gasteiger partial charge in [0.25, 0.3) is 0 Å². The lowest BCUT2D eigenvalue weighted by molar-refractivity contribution is -0.136. The van der Waals surface area contributed by atoms with Gasteiger partial charge in [-0.05, 0) is 30.7 Å². The summed E-state index contributed by atoms with van der Waals surface area (Å²) in [5, 5.41) is 0.992. The normalized spacial score (nSPS) is 11.4. The summed E-state index contributed by atoms with van der Waals surface area (Å²) < 4.78 is 6.61. The summed E-state index contributed by atoms with van der Waals surface area (Å²) >= 11 is 12.0. The Morgan fingerprint density at radius 2 is 2.25 bits per heavy atom. The fraction of sp³-hybridized carbons (Fsp3) is 0.143. The molecule has 6 heteroatoms. The van der Waals surface area contributed by atoms with Crippen LogP contribution in [0.15, 0.2) is 36.9 Å². The van der Waals surface area contributed by atoms with Crippen molar-refractivity contribution in [3.63, 3.8) is 0 Å². The molecular weight excluding hydrogens is 299 g/mol. The van der Waals surface area contributed by atoms with Gasteiger partial charge in [0.15, 0.2) is 0 Å². The Balaban J connectivity index is 2.45. The molecule has 2 rings (SSSR count). The highest BCUT2D eigenvalue weighted by Crippen LogP contribution is 2.24. The van der Waals surface area contributed by atoms with E-state index in [1.54, 1.807) is 48.2 Å². The van der Waals surface area contributed by atoms with E-state index in [2.05, 4.69) is 4.98 Å². The maximum absolute atomic E-state index is 12.0. The third-order valence-corrected chi connectivity index (χ3v) is 3.08. The Morgan fingerprint density at radius 3 is 2.85 bits per heavy atom. The van der Waals surface area contributed by atoms with E-state index in [1.165, 1.54) is 6.33 Å². The number of rotatable bonds is 4. The molecule has 20 heavy (non-hydrogen) atoms. The first-order valence-electron chi connectivity index (χ1n) is 5.94. The summed E-state index contributed by atoms with van der Waals surface area (Å²) in [6.07, 6.45) is 6.40. The summed E-state index contributed by atoms with van der Waals surface area (Å²) in [4.78, 5) is 15.9. The van der Waals surface area contributed by atoms with Crippen molar-refractivity contribution in [2.24, 2.45) is 0 Å². The van der Waals surface area contributed by atoms with Crippen LogP contribution in [0.5, 0.6) is 0 Å². The number of imidazole rings is 1. The molecule has 0 bridgehead atoms. The van der Waals surface area contributed by atoms with Crippen LogP contribution in [0.3, 0.4) is 0 Å². The van der Waals surface area contributed by atoms with E-state index in [1.807, 2.05) is 0 Å². The average Bonchev–Trinajstić information content (AvgIpc) is 2.91. The number of carbonyl (C=O) groups is 1. The summed E-state index contributed by atoms with van der Waals surface area (Å²) in [5.74, 6) is -0.448. The lowest BCUT2D eigenvalue weighted by atomic mass is 10.2. The van der Waals surface area contributed by atoms with Crippen LogP contribution in [0.25, 0.3) is 11.8 Å². The van der Waals surface area contributed by atoms with Crippen molar-refractivity contribution < 1.29 is 9.53 Å². The van der Waals surface area contributed by atoms with Crippen molar-refractivity contribution in [1.29, 1.82) is 0 Å². The number of esters is 1. The first kappa shape index (κ1) is 14.6. The van der Waals surface area contributed by atoms with Gasteiger partial charge in [-0.25, -0.2) is 9.78 Å². The number of carbonyl (C=O) groups excluding carboxylic acids is 1. The predicted octanol–water partition coefficient (Wildman–Crippen LogP) is 3.75. The van der Waals surface area contributed by atoms with Crippen molar-refractivity contribution >= 4 is 40.9 Å². The largest absolute Gasteiger partial charge is 0.461 e. The minimum atomic E-state index is -0.448. The minimum Gasteiger partial charge on any atom is -0.461 e. The van der Waals surface area contributed by atoms with Crippen molar-refractivity contribution in [3.8, 4) is 0 Å². The smallest absolute Gasteiger partial charge is 0.355 e. The SMILES string of the molecule is CCOC(=O)C(=Cc1ccc(Cl)cc1Cl)n1ccnc1. The van der Waals surface area contributed by atoms with Gasteiger partial charge in [0.05, 0.1) is 12.9 Å². The topological polar surface area (TPSA) is 44.1 Å². The van der Waals surface area contributed by atoms with Crippen molar-refractivity contribution in [3.05, 3.63) is 52.5 Å². The maximum atomic E-state index is 12.0. The molecule has 0 atom stereocenters. The molecule has 1 heterocycles. The number of aromatic nitrogens is 2.